The standard InChI is InChI=1S/C11H18FN6O12P3/c1-14-8-6-9(17-11(13)16-8)18(3-15-6)10-5(12)7(19)4(28-10)2-27-32(23,24)30-33(25,26)29-31(20,21)22/h3-5,7,10,19H,2H2,1H3,(H,23,24)(H,25,26)(H2,20,21,22)(H3,13,14,16,17)/t4-,5-,7-,10-/m1/s1. The van der Waals surface area contributed by atoms with Crippen LogP contribution in [-0.2, 0) is 31.6 Å². The zero-order valence-corrected chi connectivity index (χ0v) is 19.0. The molecule has 0 bridgehead atoms. The van der Waals surface area contributed by atoms with E-state index < -0.39 is 54.7 Å². The average molecular weight is 538 g/mol. The third kappa shape index (κ3) is 6.10. The van der Waals surface area contributed by atoms with Crippen LogP contribution in [0.25, 0.3) is 11.2 Å². The van der Waals surface area contributed by atoms with E-state index in [1.807, 2.05) is 0 Å². The number of halogens is 1. The highest BCUT2D eigenvalue weighted by Gasteiger charge is 2.48. The maximum absolute atomic E-state index is 14.8. The molecule has 3 rings (SSSR count). The van der Waals surface area contributed by atoms with Crippen molar-refractivity contribution in [1.29, 1.82) is 0 Å². The minimum atomic E-state index is -5.74. The highest BCUT2D eigenvalue weighted by molar-refractivity contribution is 7.66. The minimum Gasteiger partial charge on any atom is -0.387 e. The lowest BCUT2D eigenvalue weighted by Gasteiger charge is -2.19. The molecule has 1 saturated heterocycles. The number of nitrogens with one attached hydrogen (secondary N) is 1. The third-order valence-corrected chi connectivity index (χ3v) is 7.86. The Morgan fingerprint density at radius 3 is 2.48 bits per heavy atom. The van der Waals surface area contributed by atoms with Crippen molar-refractivity contribution in [2.45, 2.75) is 24.6 Å². The Bertz CT molecular complexity index is 1180. The van der Waals surface area contributed by atoms with Crippen LogP contribution in [-0.4, -0.2) is 76.2 Å². The number of nitrogen functional groups attached to an aromatic ring is 1. The molecule has 0 aromatic carbocycles. The molecule has 3 heterocycles. The molecule has 0 amide bonds. The van der Waals surface area contributed by atoms with Crippen LogP contribution in [0.4, 0.5) is 16.2 Å². The van der Waals surface area contributed by atoms with E-state index in [0.717, 1.165) is 10.9 Å². The third-order valence-electron chi connectivity index (χ3n) is 4.06. The van der Waals surface area contributed by atoms with Gasteiger partial charge in [-0.15, -0.1) is 0 Å². The number of aromatic nitrogens is 4. The number of ether oxygens (including phenoxy) is 1. The minimum absolute atomic E-state index is 0.0419. The SMILES string of the molecule is CNc1nc(N)nc2c1ncn2[C@@H]1O[C@H](COP(=O)(O)OP(=O)(O)OP(=O)(O)O)[C@@H](O)[C@H]1F. The van der Waals surface area contributed by atoms with Gasteiger partial charge in [0.05, 0.1) is 12.9 Å². The number of phosphoric acid groups is 3. The smallest absolute Gasteiger partial charge is 0.387 e. The molecule has 2 aromatic heterocycles. The molecule has 1 aliphatic rings. The van der Waals surface area contributed by atoms with E-state index in [0.29, 0.717) is 0 Å². The summed E-state index contributed by atoms with van der Waals surface area (Å²) in [7, 11) is -15.3. The Hall–Kier alpha value is -1.59. The van der Waals surface area contributed by atoms with Gasteiger partial charge < -0.3 is 40.5 Å². The Labute approximate surface area is 183 Å². The fourth-order valence-corrected chi connectivity index (χ4v) is 5.86. The van der Waals surface area contributed by atoms with Crippen molar-refractivity contribution in [3.05, 3.63) is 6.33 Å². The summed E-state index contributed by atoms with van der Waals surface area (Å²) in [5.74, 6) is 0.0566. The summed E-state index contributed by atoms with van der Waals surface area (Å²) in [5.41, 5.74) is 5.86. The number of rotatable bonds is 9. The summed E-state index contributed by atoms with van der Waals surface area (Å²) in [6.45, 7) is -1.05. The van der Waals surface area contributed by atoms with Gasteiger partial charge in [-0.05, 0) is 0 Å². The number of phosphoric ester groups is 1. The summed E-state index contributed by atoms with van der Waals surface area (Å²) in [6, 6.07) is 0. The normalized spacial score (nSPS) is 27.4. The summed E-state index contributed by atoms with van der Waals surface area (Å²) in [5, 5.41) is 12.8. The molecular weight excluding hydrogens is 520 g/mol. The van der Waals surface area contributed by atoms with E-state index in [1.165, 1.54) is 7.05 Å². The van der Waals surface area contributed by atoms with Gasteiger partial charge in [0.1, 0.15) is 12.2 Å². The van der Waals surface area contributed by atoms with Crippen molar-refractivity contribution in [2.75, 3.05) is 24.7 Å². The predicted octanol–water partition coefficient (Wildman–Crippen LogP) is -0.610. The molecule has 8 N–H and O–H groups in total. The molecule has 1 fully saturated rings. The number of aliphatic hydroxyl groups excluding tert-OH is 1. The van der Waals surface area contributed by atoms with Crippen LogP contribution < -0.4 is 11.1 Å². The number of hydrogen-bond donors (Lipinski definition) is 7. The number of aliphatic hydroxyl groups is 1. The number of hydrogen-bond acceptors (Lipinski definition) is 13. The number of alkyl halides is 1. The second kappa shape index (κ2) is 9.22. The van der Waals surface area contributed by atoms with E-state index >= 15 is 0 Å². The van der Waals surface area contributed by atoms with Crippen LogP contribution >= 0.6 is 23.5 Å². The Morgan fingerprint density at radius 1 is 1.21 bits per heavy atom. The van der Waals surface area contributed by atoms with Crippen molar-refractivity contribution in [2.24, 2.45) is 0 Å². The molecular formula is C11H18FN6O12P3. The van der Waals surface area contributed by atoms with E-state index in [1.54, 1.807) is 0 Å². The molecule has 0 radical (unpaired) electrons. The lowest BCUT2D eigenvalue weighted by Crippen LogP contribution is -2.31. The lowest BCUT2D eigenvalue weighted by molar-refractivity contribution is -0.0450. The Kier molecular flexibility index (Phi) is 7.27. The van der Waals surface area contributed by atoms with Gasteiger partial charge in [-0.1, -0.05) is 0 Å². The van der Waals surface area contributed by atoms with Gasteiger partial charge in [-0.25, -0.2) is 23.1 Å². The molecule has 0 aliphatic carbocycles. The molecule has 18 nitrogen and oxygen atoms in total. The summed E-state index contributed by atoms with van der Waals surface area (Å²) in [4.78, 5) is 47.5. The molecule has 22 heteroatoms. The van der Waals surface area contributed by atoms with Crippen molar-refractivity contribution in [3.8, 4) is 0 Å². The number of fused-ring (bicyclic) bond motifs is 1. The monoisotopic (exact) mass is 538 g/mol. The summed E-state index contributed by atoms with van der Waals surface area (Å²) in [6.07, 6.45) is -6.04. The molecule has 33 heavy (non-hydrogen) atoms. The molecule has 2 unspecified atom stereocenters. The van der Waals surface area contributed by atoms with Gasteiger partial charge in [-0.3, -0.25) is 9.09 Å². The number of imidazole rings is 1. The zero-order chi connectivity index (χ0) is 24.8. The quantitative estimate of drug-likeness (QED) is 0.196. The highest BCUT2D eigenvalue weighted by Crippen LogP contribution is 2.66. The maximum atomic E-state index is 14.8. The van der Waals surface area contributed by atoms with Gasteiger partial charge in [0.15, 0.2) is 29.4 Å². The first kappa shape index (κ1) is 26.0. The van der Waals surface area contributed by atoms with Crippen LogP contribution in [0.15, 0.2) is 6.33 Å². The van der Waals surface area contributed by atoms with Crippen LogP contribution in [0.3, 0.4) is 0 Å². The van der Waals surface area contributed by atoms with Gasteiger partial charge in [-0.2, -0.15) is 18.6 Å². The van der Waals surface area contributed by atoms with Gasteiger partial charge in [0, 0.05) is 7.05 Å². The van der Waals surface area contributed by atoms with Crippen LogP contribution in [0.2, 0.25) is 0 Å². The second-order valence-corrected chi connectivity index (χ2v) is 10.8. The fourth-order valence-electron chi connectivity index (χ4n) is 2.83. The van der Waals surface area contributed by atoms with E-state index in [4.69, 9.17) is 25.2 Å². The van der Waals surface area contributed by atoms with E-state index in [9.17, 15) is 28.1 Å². The van der Waals surface area contributed by atoms with Gasteiger partial charge >= 0.3 is 23.5 Å². The van der Waals surface area contributed by atoms with Crippen molar-refractivity contribution >= 4 is 46.4 Å². The molecule has 6 atom stereocenters. The van der Waals surface area contributed by atoms with Crippen molar-refractivity contribution in [3.63, 3.8) is 0 Å². The van der Waals surface area contributed by atoms with Crippen molar-refractivity contribution < 1.29 is 60.6 Å². The second-order valence-electron chi connectivity index (χ2n) is 6.39. The van der Waals surface area contributed by atoms with Crippen LogP contribution in [0.5, 0.6) is 0 Å². The Morgan fingerprint density at radius 2 is 1.88 bits per heavy atom. The first-order valence-corrected chi connectivity index (χ1v) is 13.1. The first-order chi connectivity index (χ1) is 15.1. The number of nitrogens with two attached hydrogens (primary N) is 1. The molecule has 2 aromatic rings. The molecule has 0 saturated carbocycles. The van der Waals surface area contributed by atoms with E-state index in [-0.39, 0.29) is 22.9 Å². The molecule has 186 valence electrons. The zero-order valence-electron chi connectivity index (χ0n) is 16.3. The fraction of sp³-hybridized carbons (Fsp3) is 0.545. The lowest BCUT2D eigenvalue weighted by atomic mass is 10.1. The Balaban J connectivity index is 1.73. The number of anilines is 2. The molecule has 1 aliphatic heterocycles. The van der Waals surface area contributed by atoms with Gasteiger partial charge in [0.25, 0.3) is 0 Å². The summed E-state index contributed by atoms with van der Waals surface area (Å²) < 4.78 is 66.5. The first-order valence-electron chi connectivity index (χ1n) is 8.56. The van der Waals surface area contributed by atoms with Crippen molar-refractivity contribution in [1.82, 2.24) is 19.5 Å². The average Bonchev–Trinajstić information content (AvgIpc) is 3.18. The van der Waals surface area contributed by atoms with E-state index in [2.05, 4.69) is 33.4 Å². The number of nitrogens with zero attached hydrogens (tertiary/aromatic N) is 4. The van der Waals surface area contributed by atoms with Crippen LogP contribution in [0, 0.1) is 0 Å². The summed E-state index contributed by atoms with van der Waals surface area (Å²) >= 11 is 0. The predicted molar refractivity (Wildman–Crippen MR) is 104 cm³/mol. The topological polar surface area (TPSA) is 271 Å². The maximum Gasteiger partial charge on any atom is 0.490 e. The largest absolute Gasteiger partial charge is 0.490 e. The highest BCUT2D eigenvalue weighted by atomic mass is 31.3. The van der Waals surface area contributed by atoms with Gasteiger partial charge in [0.2, 0.25) is 5.95 Å². The van der Waals surface area contributed by atoms with Crippen LogP contribution in [0.1, 0.15) is 6.23 Å². The molecule has 0 spiro atoms.